The zero-order valence-corrected chi connectivity index (χ0v) is 12.0. The highest BCUT2D eigenvalue weighted by molar-refractivity contribution is 9.10. The van der Waals surface area contributed by atoms with Crippen LogP contribution in [-0.2, 0) is 0 Å². The third-order valence-electron chi connectivity index (χ3n) is 3.17. The highest BCUT2D eigenvalue weighted by atomic mass is 79.9. The Morgan fingerprint density at radius 2 is 2.16 bits per heavy atom. The molecule has 1 fully saturated rings. The summed E-state index contributed by atoms with van der Waals surface area (Å²) in [6.07, 6.45) is 2.23. The van der Waals surface area contributed by atoms with Crippen molar-refractivity contribution in [2.75, 3.05) is 7.11 Å². The quantitative estimate of drug-likeness (QED) is 0.945. The Labute approximate surface area is 119 Å². The van der Waals surface area contributed by atoms with Gasteiger partial charge in [-0.05, 0) is 31.0 Å². The first-order valence-corrected chi connectivity index (χ1v) is 6.92. The molecule has 1 saturated carbocycles. The van der Waals surface area contributed by atoms with E-state index in [-0.39, 0.29) is 5.56 Å². The fourth-order valence-corrected chi connectivity index (χ4v) is 2.42. The number of halogens is 1. The lowest BCUT2D eigenvalue weighted by Gasteiger charge is -2.09. The molecule has 0 spiro atoms. The van der Waals surface area contributed by atoms with E-state index >= 15 is 0 Å². The molecule has 0 atom stereocenters. The molecule has 5 heteroatoms. The minimum atomic E-state index is -0.117. The fourth-order valence-electron chi connectivity index (χ4n) is 2.06. The number of methoxy groups -OCH3 is 1. The molecule has 1 aliphatic carbocycles. The Kier molecular flexibility index (Phi) is 3.14. The number of hydrogen-bond donors (Lipinski definition) is 1. The van der Waals surface area contributed by atoms with Crippen molar-refractivity contribution in [3.05, 3.63) is 44.8 Å². The third kappa shape index (κ3) is 2.56. The standard InChI is InChI=1S/C14H13BrN2O2/c1-19-12-5-4-9(15)6-10(12)14-16-11(8-2-3-8)7-13(18)17-14/h4-8H,2-3H2,1H3,(H,16,17,18). The van der Waals surface area contributed by atoms with Gasteiger partial charge in [0.1, 0.15) is 11.6 Å². The number of H-pyrrole nitrogens is 1. The maximum atomic E-state index is 11.8. The fraction of sp³-hybridized carbons (Fsp3) is 0.286. The summed E-state index contributed by atoms with van der Waals surface area (Å²) >= 11 is 3.43. The van der Waals surface area contributed by atoms with Crippen LogP contribution in [0.5, 0.6) is 5.75 Å². The second-order valence-corrected chi connectivity index (χ2v) is 5.55. The van der Waals surface area contributed by atoms with E-state index in [0.717, 1.165) is 28.6 Å². The Hall–Kier alpha value is -1.62. The minimum absolute atomic E-state index is 0.117. The van der Waals surface area contributed by atoms with Crippen LogP contribution >= 0.6 is 15.9 Å². The van der Waals surface area contributed by atoms with Gasteiger partial charge in [-0.1, -0.05) is 15.9 Å². The van der Waals surface area contributed by atoms with Crippen molar-refractivity contribution in [1.29, 1.82) is 0 Å². The molecule has 0 saturated heterocycles. The summed E-state index contributed by atoms with van der Waals surface area (Å²) in [5.41, 5.74) is 1.55. The molecule has 0 radical (unpaired) electrons. The van der Waals surface area contributed by atoms with Gasteiger partial charge in [0.25, 0.3) is 5.56 Å². The topological polar surface area (TPSA) is 55.0 Å². The van der Waals surface area contributed by atoms with Gasteiger partial charge in [0.2, 0.25) is 0 Å². The molecular formula is C14H13BrN2O2. The van der Waals surface area contributed by atoms with Crippen molar-refractivity contribution in [1.82, 2.24) is 9.97 Å². The molecule has 98 valence electrons. The predicted octanol–water partition coefficient (Wildman–Crippen LogP) is 3.09. The molecule has 2 aromatic rings. The maximum absolute atomic E-state index is 11.8. The maximum Gasteiger partial charge on any atom is 0.251 e. The lowest BCUT2D eigenvalue weighted by atomic mass is 10.1. The van der Waals surface area contributed by atoms with Gasteiger partial charge in [0.05, 0.1) is 18.4 Å². The van der Waals surface area contributed by atoms with E-state index in [1.54, 1.807) is 13.2 Å². The minimum Gasteiger partial charge on any atom is -0.496 e. The third-order valence-corrected chi connectivity index (χ3v) is 3.67. The number of ether oxygens (including phenoxy) is 1. The van der Waals surface area contributed by atoms with Crippen molar-refractivity contribution in [3.63, 3.8) is 0 Å². The van der Waals surface area contributed by atoms with Crippen LogP contribution in [-0.4, -0.2) is 17.1 Å². The molecule has 0 unspecified atom stereocenters. The highest BCUT2D eigenvalue weighted by Gasteiger charge is 2.26. The second kappa shape index (κ2) is 4.81. The zero-order chi connectivity index (χ0) is 13.4. The van der Waals surface area contributed by atoms with Gasteiger partial charge < -0.3 is 9.72 Å². The van der Waals surface area contributed by atoms with Gasteiger partial charge in [0.15, 0.2) is 0 Å². The molecule has 0 amide bonds. The first-order valence-electron chi connectivity index (χ1n) is 6.12. The largest absolute Gasteiger partial charge is 0.496 e. The van der Waals surface area contributed by atoms with Crippen molar-refractivity contribution in [2.24, 2.45) is 0 Å². The Bertz CT molecular complexity index is 677. The van der Waals surface area contributed by atoms with Crippen molar-refractivity contribution in [3.8, 4) is 17.1 Å². The van der Waals surface area contributed by atoms with Crippen LogP contribution in [0.3, 0.4) is 0 Å². The average molecular weight is 321 g/mol. The molecule has 19 heavy (non-hydrogen) atoms. The predicted molar refractivity (Wildman–Crippen MR) is 76.5 cm³/mol. The van der Waals surface area contributed by atoms with E-state index in [1.807, 2.05) is 18.2 Å². The monoisotopic (exact) mass is 320 g/mol. The van der Waals surface area contributed by atoms with E-state index in [1.165, 1.54) is 0 Å². The van der Waals surface area contributed by atoms with Gasteiger partial charge in [0, 0.05) is 16.5 Å². The molecule has 1 heterocycles. The van der Waals surface area contributed by atoms with Crippen LogP contribution in [0.4, 0.5) is 0 Å². The number of nitrogens with zero attached hydrogens (tertiary/aromatic N) is 1. The van der Waals surface area contributed by atoms with Crippen LogP contribution < -0.4 is 10.3 Å². The van der Waals surface area contributed by atoms with Crippen LogP contribution in [0, 0.1) is 0 Å². The smallest absolute Gasteiger partial charge is 0.251 e. The number of nitrogens with one attached hydrogen (secondary N) is 1. The Morgan fingerprint density at radius 3 is 2.84 bits per heavy atom. The van der Waals surface area contributed by atoms with E-state index in [4.69, 9.17) is 4.74 Å². The molecular weight excluding hydrogens is 308 g/mol. The average Bonchev–Trinajstić information content (AvgIpc) is 3.22. The van der Waals surface area contributed by atoms with E-state index in [0.29, 0.717) is 17.5 Å². The van der Waals surface area contributed by atoms with E-state index in [2.05, 4.69) is 25.9 Å². The van der Waals surface area contributed by atoms with Crippen LogP contribution in [0.1, 0.15) is 24.5 Å². The summed E-state index contributed by atoms with van der Waals surface area (Å²) in [4.78, 5) is 19.1. The first-order chi connectivity index (χ1) is 9.17. The van der Waals surface area contributed by atoms with Gasteiger partial charge in [-0.25, -0.2) is 4.98 Å². The number of aromatic amines is 1. The summed E-state index contributed by atoms with van der Waals surface area (Å²) in [6.45, 7) is 0. The van der Waals surface area contributed by atoms with Crippen LogP contribution in [0.2, 0.25) is 0 Å². The Balaban J connectivity index is 2.15. The molecule has 1 aromatic carbocycles. The summed E-state index contributed by atoms with van der Waals surface area (Å²) < 4.78 is 6.25. The van der Waals surface area contributed by atoms with Gasteiger partial charge in [-0.3, -0.25) is 4.79 Å². The highest BCUT2D eigenvalue weighted by Crippen LogP contribution is 2.39. The molecule has 1 aromatic heterocycles. The number of aromatic nitrogens is 2. The molecule has 1 aliphatic rings. The number of benzene rings is 1. The summed E-state index contributed by atoms with van der Waals surface area (Å²) in [5, 5.41) is 0. The zero-order valence-electron chi connectivity index (χ0n) is 10.4. The van der Waals surface area contributed by atoms with E-state index in [9.17, 15) is 4.79 Å². The first kappa shape index (κ1) is 12.4. The summed E-state index contributed by atoms with van der Waals surface area (Å²) in [6, 6.07) is 7.23. The van der Waals surface area contributed by atoms with Crippen molar-refractivity contribution in [2.45, 2.75) is 18.8 Å². The van der Waals surface area contributed by atoms with Crippen molar-refractivity contribution < 1.29 is 4.74 Å². The van der Waals surface area contributed by atoms with Gasteiger partial charge >= 0.3 is 0 Å². The normalized spacial score (nSPS) is 14.4. The summed E-state index contributed by atoms with van der Waals surface area (Å²) in [7, 11) is 1.61. The second-order valence-electron chi connectivity index (χ2n) is 4.64. The van der Waals surface area contributed by atoms with Crippen molar-refractivity contribution >= 4 is 15.9 Å². The lowest BCUT2D eigenvalue weighted by molar-refractivity contribution is 0.416. The van der Waals surface area contributed by atoms with E-state index < -0.39 is 0 Å². The summed E-state index contributed by atoms with van der Waals surface area (Å²) in [5.74, 6) is 1.70. The molecule has 1 N–H and O–H groups in total. The SMILES string of the molecule is COc1ccc(Br)cc1-c1nc(C2CC2)cc(=O)[nH]1. The molecule has 0 aliphatic heterocycles. The molecule has 4 nitrogen and oxygen atoms in total. The molecule has 3 rings (SSSR count). The molecule has 0 bridgehead atoms. The van der Waals surface area contributed by atoms with Gasteiger partial charge in [-0.15, -0.1) is 0 Å². The van der Waals surface area contributed by atoms with Gasteiger partial charge in [-0.2, -0.15) is 0 Å². The van der Waals surface area contributed by atoms with Crippen LogP contribution in [0.25, 0.3) is 11.4 Å². The lowest BCUT2D eigenvalue weighted by Crippen LogP contribution is -2.10. The number of rotatable bonds is 3. The van der Waals surface area contributed by atoms with Crippen LogP contribution in [0.15, 0.2) is 33.5 Å². The Morgan fingerprint density at radius 1 is 1.37 bits per heavy atom. The number of hydrogen-bond acceptors (Lipinski definition) is 3.